The molecule has 1 aliphatic carbocycles. The van der Waals surface area contributed by atoms with E-state index in [1.807, 2.05) is 0 Å². The van der Waals surface area contributed by atoms with Gasteiger partial charge in [0, 0.05) is 12.6 Å². The van der Waals surface area contributed by atoms with Crippen molar-refractivity contribution < 1.29 is 9.53 Å². The Hall–Kier alpha value is -1.28. The fourth-order valence-electron chi connectivity index (χ4n) is 2.33. The standard InChI is InChI=1S/C11H17N3O2/c12-6-8-2-1-3-10(8)14-11(15)13-9-4-5-16-7-9/h8-10H,1-5,7H2,(H2,13,14,15). The predicted molar refractivity (Wildman–Crippen MR) is 57.6 cm³/mol. The Bertz CT molecular complexity index is 294. The second-order valence-corrected chi connectivity index (χ2v) is 4.45. The minimum absolute atomic E-state index is 0.0207. The van der Waals surface area contributed by atoms with E-state index in [1.54, 1.807) is 0 Å². The van der Waals surface area contributed by atoms with Crippen LogP contribution < -0.4 is 10.6 Å². The normalized spacial score (nSPS) is 33.3. The van der Waals surface area contributed by atoms with Gasteiger partial charge in [-0.3, -0.25) is 0 Å². The number of nitrogens with one attached hydrogen (secondary N) is 2. The lowest BCUT2D eigenvalue weighted by Crippen LogP contribution is -2.47. The van der Waals surface area contributed by atoms with Crippen LogP contribution in [0.3, 0.4) is 0 Å². The molecule has 0 aromatic heterocycles. The third-order valence-electron chi connectivity index (χ3n) is 3.26. The van der Waals surface area contributed by atoms with Crippen LogP contribution in [0.25, 0.3) is 0 Å². The first kappa shape index (κ1) is 11.2. The fourth-order valence-corrected chi connectivity index (χ4v) is 2.33. The van der Waals surface area contributed by atoms with Crippen molar-refractivity contribution in [3.05, 3.63) is 0 Å². The molecule has 2 fully saturated rings. The number of hydrogen-bond acceptors (Lipinski definition) is 3. The second kappa shape index (κ2) is 5.17. The van der Waals surface area contributed by atoms with E-state index < -0.39 is 0 Å². The average Bonchev–Trinajstić information content (AvgIpc) is 2.88. The van der Waals surface area contributed by atoms with Crippen molar-refractivity contribution in [3.8, 4) is 6.07 Å². The van der Waals surface area contributed by atoms with Gasteiger partial charge in [0.2, 0.25) is 0 Å². The first-order valence-electron chi connectivity index (χ1n) is 5.84. The molecule has 5 nitrogen and oxygen atoms in total. The molecular formula is C11H17N3O2. The van der Waals surface area contributed by atoms with Crippen LogP contribution in [0.15, 0.2) is 0 Å². The topological polar surface area (TPSA) is 74.2 Å². The number of hydrogen-bond donors (Lipinski definition) is 2. The first-order valence-corrected chi connectivity index (χ1v) is 5.84. The number of ether oxygens (including phenoxy) is 1. The van der Waals surface area contributed by atoms with Crippen molar-refractivity contribution in [2.75, 3.05) is 13.2 Å². The maximum atomic E-state index is 11.6. The molecule has 2 amide bonds. The molecule has 1 aliphatic heterocycles. The molecule has 0 spiro atoms. The van der Waals surface area contributed by atoms with Crippen LogP contribution in [-0.4, -0.2) is 31.3 Å². The van der Waals surface area contributed by atoms with E-state index in [0.29, 0.717) is 6.61 Å². The lowest BCUT2D eigenvalue weighted by atomic mass is 10.1. The maximum absolute atomic E-state index is 11.6. The molecule has 0 aromatic carbocycles. The van der Waals surface area contributed by atoms with E-state index >= 15 is 0 Å². The molecule has 2 aliphatic rings. The van der Waals surface area contributed by atoms with E-state index in [4.69, 9.17) is 10.00 Å². The van der Waals surface area contributed by atoms with E-state index in [9.17, 15) is 4.79 Å². The lowest BCUT2D eigenvalue weighted by molar-refractivity contribution is 0.188. The van der Waals surface area contributed by atoms with Gasteiger partial charge in [-0.1, -0.05) is 0 Å². The molecule has 1 heterocycles. The Labute approximate surface area is 95.1 Å². The van der Waals surface area contributed by atoms with Crippen LogP contribution in [-0.2, 0) is 4.74 Å². The molecule has 3 unspecified atom stereocenters. The molecule has 2 N–H and O–H groups in total. The van der Waals surface area contributed by atoms with Gasteiger partial charge in [-0.25, -0.2) is 4.79 Å². The molecule has 1 saturated carbocycles. The molecule has 16 heavy (non-hydrogen) atoms. The van der Waals surface area contributed by atoms with Crippen LogP contribution >= 0.6 is 0 Å². The molecule has 88 valence electrons. The molecule has 3 atom stereocenters. The highest BCUT2D eigenvalue weighted by Gasteiger charge is 2.29. The van der Waals surface area contributed by atoms with Crippen LogP contribution in [0.5, 0.6) is 0 Å². The van der Waals surface area contributed by atoms with Gasteiger partial charge >= 0.3 is 6.03 Å². The number of urea groups is 1. The lowest BCUT2D eigenvalue weighted by Gasteiger charge is -2.18. The van der Waals surface area contributed by atoms with E-state index in [1.165, 1.54) is 0 Å². The monoisotopic (exact) mass is 223 g/mol. The summed E-state index contributed by atoms with van der Waals surface area (Å²) in [7, 11) is 0. The minimum atomic E-state index is -0.164. The van der Waals surface area contributed by atoms with Gasteiger partial charge in [0.1, 0.15) is 0 Å². The fraction of sp³-hybridized carbons (Fsp3) is 0.818. The van der Waals surface area contributed by atoms with Gasteiger partial charge in [0.25, 0.3) is 0 Å². The zero-order valence-corrected chi connectivity index (χ0v) is 9.24. The zero-order chi connectivity index (χ0) is 11.4. The van der Waals surface area contributed by atoms with Gasteiger partial charge in [-0.15, -0.1) is 0 Å². The number of carbonyl (C=O) groups excluding carboxylic acids is 1. The van der Waals surface area contributed by atoms with Gasteiger partial charge in [0.15, 0.2) is 0 Å². The summed E-state index contributed by atoms with van der Waals surface area (Å²) in [6.45, 7) is 1.31. The van der Waals surface area contributed by atoms with Gasteiger partial charge < -0.3 is 15.4 Å². The number of nitrogens with zero attached hydrogens (tertiary/aromatic N) is 1. The summed E-state index contributed by atoms with van der Waals surface area (Å²) in [4.78, 5) is 11.6. The molecule has 0 aromatic rings. The largest absolute Gasteiger partial charge is 0.379 e. The molecule has 5 heteroatoms. The maximum Gasteiger partial charge on any atom is 0.315 e. The third-order valence-corrected chi connectivity index (χ3v) is 3.26. The van der Waals surface area contributed by atoms with Crippen molar-refractivity contribution in [1.82, 2.24) is 10.6 Å². The molecule has 2 rings (SSSR count). The smallest absolute Gasteiger partial charge is 0.315 e. The zero-order valence-electron chi connectivity index (χ0n) is 9.24. The average molecular weight is 223 g/mol. The Morgan fingerprint density at radius 3 is 2.88 bits per heavy atom. The number of rotatable bonds is 2. The summed E-state index contributed by atoms with van der Waals surface area (Å²) < 4.78 is 5.18. The van der Waals surface area contributed by atoms with Crippen molar-refractivity contribution in [3.63, 3.8) is 0 Å². The number of nitriles is 1. The van der Waals surface area contributed by atoms with E-state index in [-0.39, 0.29) is 24.0 Å². The Morgan fingerprint density at radius 2 is 2.19 bits per heavy atom. The van der Waals surface area contributed by atoms with Crippen LogP contribution in [0, 0.1) is 17.2 Å². The van der Waals surface area contributed by atoms with Crippen molar-refractivity contribution >= 4 is 6.03 Å². The van der Waals surface area contributed by atoms with E-state index in [0.717, 1.165) is 32.3 Å². The molecule has 0 radical (unpaired) electrons. The summed E-state index contributed by atoms with van der Waals surface area (Å²) in [5.41, 5.74) is 0. The first-order chi connectivity index (χ1) is 7.79. The summed E-state index contributed by atoms with van der Waals surface area (Å²) in [6, 6.07) is 2.23. The third kappa shape index (κ3) is 2.64. The Morgan fingerprint density at radius 1 is 1.31 bits per heavy atom. The summed E-state index contributed by atoms with van der Waals surface area (Å²) in [6.07, 6.45) is 3.70. The van der Waals surface area contributed by atoms with Crippen LogP contribution in [0.2, 0.25) is 0 Å². The van der Waals surface area contributed by atoms with E-state index in [2.05, 4.69) is 16.7 Å². The number of amides is 2. The van der Waals surface area contributed by atoms with Gasteiger partial charge in [0.05, 0.1) is 24.6 Å². The van der Waals surface area contributed by atoms with Crippen LogP contribution in [0.4, 0.5) is 4.79 Å². The summed E-state index contributed by atoms with van der Waals surface area (Å²) in [5.74, 6) is -0.0226. The molecular weight excluding hydrogens is 206 g/mol. The van der Waals surface area contributed by atoms with Crippen molar-refractivity contribution in [2.45, 2.75) is 37.8 Å². The Kier molecular flexibility index (Phi) is 3.62. The highest BCUT2D eigenvalue weighted by molar-refractivity contribution is 5.74. The quantitative estimate of drug-likeness (QED) is 0.726. The van der Waals surface area contributed by atoms with Gasteiger partial charge in [-0.05, 0) is 25.7 Å². The molecule has 1 saturated heterocycles. The predicted octanol–water partition coefficient (Wildman–Crippen LogP) is 0.767. The summed E-state index contributed by atoms with van der Waals surface area (Å²) >= 11 is 0. The highest BCUT2D eigenvalue weighted by atomic mass is 16.5. The number of carbonyl (C=O) groups is 1. The highest BCUT2D eigenvalue weighted by Crippen LogP contribution is 2.24. The minimum Gasteiger partial charge on any atom is -0.379 e. The van der Waals surface area contributed by atoms with Crippen molar-refractivity contribution in [1.29, 1.82) is 5.26 Å². The van der Waals surface area contributed by atoms with Crippen LogP contribution in [0.1, 0.15) is 25.7 Å². The Balaban J connectivity index is 1.76. The SMILES string of the molecule is N#CC1CCCC1NC(=O)NC1CCOC1. The molecule has 0 bridgehead atoms. The summed E-state index contributed by atoms with van der Waals surface area (Å²) in [5, 5.41) is 14.6. The second-order valence-electron chi connectivity index (χ2n) is 4.45. The van der Waals surface area contributed by atoms with Gasteiger partial charge in [-0.2, -0.15) is 5.26 Å². The van der Waals surface area contributed by atoms with Crippen molar-refractivity contribution in [2.24, 2.45) is 5.92 Å².